The van der Waals surface area contributed by atoms with Crippen molar-refractivity contribution >= 4 is 22.4 Å². The molecule has 0 aliphatic heterocycles. The Bertz CT molecular complexity index is 1080. The number of allylic oxidation sites excluding steroid dienone is 2. The maximum Gasteiger partial charge on any atom is 0.255 e. The molecule has 0 saturated carbocycles. The third-order valence-electron chi connectivity index (χ3n) is 4.44. The van der Waals surface area contributed by atoms with E-state index in [2.05, 4.69) is 5.32 Å². The van der Waals surface area contributed by atoms with Gasteiger partial charge in [-0.25, -0.2) is 0 Å². The SMILES string of the molecule is C/C=C\C(=C/CC)C(=O)Nc1ccc(-c2ccc3cc(O)ccc3c2)cc1O. The number of fused-ring (bicyclic) bond motifs is 1. The third kappa shape index (κ3) is 4.23. The number of rotatable bonds is 5. The van der Waals surface area contributed by atoms with Crippen molar-refractivity contribution in [3.05, 3.63) is 78.4 Å². The molecule has 0 heterocycles. The molecule has 0 fully saturated rings. The Morgan fingerprint density at radius 2 is 1.64 bits per heavy atom. The molecule has 28 heavy (non-hydrogen) atoms. The van der Waals surface area contributed by atoms with Gasteiger partial charge in [0.15, 0.2) is 0 Å². The predicted octanol–water partition coefficient (Wildman–Crippen LogP) is 5.77. The minimum Gasteiger partial charge on any atom is -0.508 e. The molecule has 0 radical (unpaired) electrons. The molecular formula is C24H23NO3. The molecular weight excluding hydrogens is 350 g/mol. The van der Waals surface area contributed by atoms with E-state index in [9.17, 15) is 15.0 Å². The van der Waals surface area contributed by atoms with Crippen LogP contribution >= 0.6 is 0 Å². The van der Waals surface area contributed by atoms with Crippen molar-refractivity contribution in [3.63, 3.8) is 0 Å². The summed E-state index contributed by atoms with van der Waals surface area (Å²) >= 11 is 0. The molecule has 3 rings (SSSR count). The van der Waals surface area contributed by atoms with Crippen LogP contribution in [0.25, 0.3) is 21.9 Å². The lowest BCUT2D eigenvalue weighted by molar-refractivity contribution is -0.112. The number of hydrogen-bond donors (Lipinski definition) is 3. The first kappa shape index (κ1) is 19.2. The molecule has 1 amide bonds. The number of carbonyl (C=O) groups is 1. The van der Waals surface area contributed by atoms with Crippen LogP contribution in [0.15, 0.2) is 78.4 Å². The first-order valence-electron chi connectivity index (χ1n) is 9.22. The molecule has 0 aliphatic carbocycles. The topological polar surface area (TPSA) is 69.6 Å². The smallest absolute Gasteiger partial charge is 0.255 e. The number of aromatic hydroxyl groups is 2. The summed E-state index contributed by atoms with van der Waals surface area (Å²) in [6.07, 6.45) is 6.14. The Balaban J connectivity index is 1.87. The molecule has 0 aromatic heterocycles. The molecule has 3 aromatic carbocycles. The van der Waals surface area contributed by atoms with Crippen molar-refractivity contribution in [1.82, 2.24) is 0 Å². The number of hydrogen-bond acceptors (Lipinski definition) is 3. The molecule has 0 aliphatic rings. The molecule has 0 atom stereocenters. The molecule has 0 saturated heterocycles. The molecule has 3 N–H and O–H groups in total. The summed E-state index contributed by atoms with van der Waals surface area (Å²) < 4.78 is 0. The minimum atomic E-state index is -0.256. The summed E-state index contributed by atoms with van der Waals surface area (Å²) in [5, 5.41) is 24.7. The Morgan fingerprint density at radius 1 is 0.964 bits per heavy atom. The number of phenols is 2. The van der Waals surface area contributed by atoms with E-state index in [1.165, 1.54) is 0 Å². The van der Waals surface area contributed by atoms with Crippen LogP contribution < -0.4 is 5.32 Å². The molecule has 4 heteroatoms. The number of amides is 1. The fraction of sp³-hybridized carbons (Fsp3) is 0.125. The first-order chi connectivity index (χ1) is 13.5. The lowest BCUT2D eigenvalue weighted by Crippen LogP contribution is -2.13. The van der Waals surface area contributed by atoms with Crippen LogP contribution in [0.2, 0.25) is 0 Å². The van der Waals surface area contributed by atoms with E-state index in [0.29, 0.717) is 11.3 Å². The summed E-state index contributed by atoms with van der Waals surface area (Å²) in [4.78, 5) is 12.4. The number of phenolic OH excluding ortho intramolecular Hbond substituents is 2. The predicted molar refractivity (Wildman–Crippen MR) is 115 cm³/mol. The molecule has 142 valence electrons. The normalized spacial score (nSPS) is 11.9. The molecule has 4 nitrogen and oxygen atoms in total. The van der Waals surface area contributed by atoms with E-state index in [4.69, 9.17) is 0 Å². The second kappa shape index (κ2) is 8.44. The lowest BCUT2D eigenvalue weighted by atomic mass is 10.0. The first-order valence-corrected chi connectivity index (χ1v) is 9.22. The van der Waals surface area contributed by atoms with Gasteiger partial charge in [0.2, 0.25) is 0 Å². The lowest BCUT2D eigenvalue weighted by Gasteiger charge is -2.11. The average molecular weight is 373 g/mol. The highest BCUT2D eigenvalue weighted by molar-refractivity contribution is 6.06. The molecule has 0 unspecified atom stereocenters. The van der Waals surface area contributed by atoms with Crippen molar-refractivity contribution in [2.45, 2.75) is 20.3 Å². The van der Waals surface area contributed by atoms with Gasteiger partial charge < -0.3 is 15.5 Å². The van der Waals surface area contributed by atoms with Crippen LogP contribution in [0, 0.1) is 0 Å². The number of carbonyl (C=O) groups excluding carboxylic acids is 1. The van der Waals surface area contributed by atoms with Gasteiger partial charge in [-0.1, -0.05) is 49.4 Å². The highest BCUT2D eigenvalue weighted by atomic mass is 16.3. The van der Waals surface area contributed by atoms with Crippen molar-refractivity contribution in [1.29, 1.82) is 0 Å². The molecule has 0 spiro atoms. The fourth-order valence-corrected chi connectivity index (χ4v) is 3.06. The van der Waals surface area contributed by atoms with Gasteiger partial charge in [-0.15, -0.1) is 0 Å². The zero-order valence-corrected chi connectivity index (χ0v) is 15.9. The Kier molecular flexibility index (Phi) is 5.80. The van der Waals surface area contributed by atoms with Crippen LogP contribution in [0.5, 0.6) is 11.5 Å². The molecule has 3 aromatic rings. The Morgan fingerprint density at radius 3 is 2.36 bits per heavy atom. The maximum absolute atomic E-state index is 12.4. The highest BCUT2D eigenvalue weighted by Gasteiger charge is 2.11. The van der Waals surface area contributed by atoms with Crippen LogP contribution in [-0.4, -0.2) is 16.1 Å². The van der Waals surface area contributed by atoms with Gasteiger partial charge >= 0.3 is 0 Å². The summed E-state index contributed by atoms with van der Waals surface area (Å²) in [5.41, 5.74) is 2.70. The number of anilines is 1. The zero-order valence-electron chi connectivity index (χ0n) is 15.9. The van der Waals surface area contributed by atoms with Gasteiger partial charge in [0.1, 0.15) is 11.5 Å². The van der Waals surface area contributed by atoms with Gasteiger partial charge in [-0.2, -0.15) is 0 Å². The van der Waals surface area contributed by atoms with Gasteiger partial charge in [0, 0.05) is 5.57 Å². The van der Waals surface area contributed by atoms with E-state index in [1.54, 1.807) is 30.3 Å². The fourth-order valence-electron chi connectivity index (χ4n) is 3.06. The summed E-state index contributed by atoms with van der Waals surface area (Å²) in [6.45, 7) is 3.82. The number of benzene rings is 3. The van der Waals surface area contributed by atoms with Crippen molar-refractivity contribution in [2.24, 2.45) is 0 Å². The van der Waals surface area contributed by atoms with Gasteiger partial charge in [0.05, 0.1) is 5.69 Å². The monoisotopic (exact) mass is 373 g/mol. The van der Waals surface area contributed by atoms with Gasteiger partial charge in [0.25, 0.3) is 5.91 Å². The van der Waals surface area contributed by atoms with Crippen LogP contribution in [-0.2, 0) is 4.79 Å². The average Bonchev–Trinajstić information content (AvgIpc) is 2.69. The number of nitrogens with one attached hydrogen (secondary N) is 1. The van der Waals surface area contributed by atoms with Crippen LogP contribution in [0.4, 0.5) is 5.69 Å². The summed E-state index contributed by atoms with van der Waals surface area (Å²) in [5.74, 6) is -0.0195. The third-order valence-corrected chi connectivity index (χ3v) is 4.44. The van der Waals surface area contributed by atoms with Crippen molar-refractivity contribution in [2.75, 3.05) is 5.32 Å². The van der Waals surface area contributed by atoms with Gasteiger partial charge in [-0.3, -0.25) is 4.79 Å². The van der Waals surface area contributed by atoms with E-state index in [-0.39, 0.29) is 17.4 Å². The van der Waals surface area contributed by atoms with E-state index < -0.39 is 0 Å². The van der Waals surface area contributed by atoms with Crippen LogP contribution in [0.3, 0.4) is 0 Å². The van der Waals surface area contributed by atoms with Gasteiger partial charge in [-0.05, 0) is 65.6 Å². The standard InChI is InChI=1S/C24H23NO3/c1-3-5-16(6-4-2)24(28)25-22-12-10-20(15-23(22)27)17-7-8-19-14-21(26)11-9-18(19)13-17/h3,5-15,26-27H,4H2,1-2H3,(H,25,28)/b5-3-,16-6+. The quantitative estimate of drug-likeness (QED) is 0.302. The summed E-state index contributed by atoms with van der Waals surface area (Å²) in [6, 6.07) is 16.3. The summed E-state index contributed by atoms with van der Waals surface area (Å²) in [7, 11) is 0. The van der Waals surface area contributed by atoms with E-state index >= 15 is 0 Å². The second-order valence-corrected chi connectivity index (χ2v) is 6.50. The zero-order chi connectivity index (χ0) is 20.1. The molecule has 0 bridgehead atoms. The Hall–Kier alpha value is -3.53. The largest absolute Gasteiger partial charge is 0.508 e. The highest BCUT2D eigenvalue weighted by Crippen LogP contribution is 2.32. The Labute approximate surface area is 164 Å². The van der Waals surface area contributed by atoms with Crippen molar-refractivity contribution < 1.29 is 15.0 Å². The van der Waals surface area contributed by atoms with Crippen molar-refractivity contribution in [3.8, 4) is 22.6 Å². The maximum atomic E-state index is 12.4. The second-order valence-electron chi connectivity index (χ2n) is 6.50. The van der Waals surface area contributed by atoms with Crippen LogP contribution in [0.1, 0.15) is 20.3 Å². The minimum absolute atomic E-state index is 0.00739. The van der Waals surface area contributed by atoms with E-state index in [0.717, 1.165) is 28.3 Å². The van der Waals surface area contributed by atoms with E-state index in [1.807, 2.05) is 56.3 Å².